The summed E-state index contributed by atoms with van der Waals surface area (Å²) in [5.74, 6) is -0.985. The lowest BCUT2D eigenvalue weighted by Crippen LogP contribution is -1.99. The maximum absolute atomic E-state index is 10.8. The normalized spacial score (nSPS) is 10.2. The molecule has 1 aromatic heterocycles. The highest BCUT2D eigenvalue weighted by Gasteiger charge is 2.11. The second-order valence-corrected chi connectivity index (χ2v) is 5.28. The Labute approximate surface area is 122 Å². The number of nitrogens with zero attached hydrogens (tertiary/aromatic N) is 1. The highest BCUT2D eigenvalue weighted by atomic mass is 35.5. The highest BCUT2D eigenvalue weighted by Crippen LogP contribution is 2.27. The van der Waals surface area contributed by atoms with Gasteiger partial charge in [0.05, 0.1) is 21.2 Å². The molecule has 0 spiro atoms. The van der Waals surface area contributed by atoms with E-state index in [1.165, 1.54) is 34.9 Å². The molecule has 0 fully saturated rings. The Bertz CT molecular complexity index is 671. The third kappa shape index (κ3) is 3.25. The second kappa shape index (κ2) is 5.89. The number of halogens is 1. The predicted molar refractivity (Wildman–Crippen MR) is 76.7 cm³/mol. The minimum Gasteiger partial charge on any atom is -0.478 e. The van der Waals surface area contributed by atoms with Crippen LogP contribution >= 0.6 is 22.9 Å². The molecule has 0 saturated heterocycles. The number of nitro benzene ring substituents is 1. The van der Waals surface area contributed by atoms with Gasteiger partial charge in [0.1, 0.15) is 0 Å². The lowest BCUT2D eigenvalue weighted by molar-refractivity contribution is -0.384. The molecule has 0 unspecified atom stereocenters. The van der Waals surface area contributed by atoms with Gasteiger partial charge in [-0.3, -0.25) is 10.1 Å². The van der Waals surface area contributed by atoms with Crippen molar-refractivity contribution >= 4 is 40.3 Å². The van der Waals surface area contributed by atoms with E-state index >= 15 is 0 Å². The van der Waals surface area contributed by atoms with Crippen molar-refractivity contribution in [1.29, 1.82) is 0 Å². The minimum atomic E-state index is -0.985. The van der Waals surface area contributed by atoms with Gasteiger partial charge in [-0.05, 0) is 12.1 Å². The average molecular weight is 313 g/mol. The third-order valence-corrected chi connectivity index (χ3v) is 3.78. The van der Waals surface area contributed by atoms with Crippen LogP contribution in [0.5, 0.6) is 0 Å². The van der Waals surface area contributed by atoms with Crippen LogP contribution in [0.1, 0.15) is 15.2 Å². The zero-order valence-electron chi connectivity index (χ0n) is 10.00. The number of non-ortho nitro benzene ring substituents is 1. The second-order valence-electron chi connectivity index (χ2n) is 3.88. The Morgan fingerprint density at radius 1 is 1.45 bits per heavy atom. The molecule has 104 valence electrons. The van der Waals surface area contributed by atoms with Crippen molar-refractivity contribution in [3.63, 3.8) is 0 Å². The number of benzene rings is 1. The summed E-state index contributed by atoms with van der Waals surface area (Å²) in [5.41, 5.74) is 0.595. The number of aromatic carboxylic acids is 1. The van der Waals surface area contributed by atoms with Gasteiger partial charge in [0, 0.05) is 28.9 Å². The largest absolute Gasteiger partial charge is 0.478 e. The van der Waals surface area contributed by atoms with E-state index in [2.05, 4.69) is 5.32 Å². The number of carboxylic acids is 1. The molecule has 1 heterocycles. The number of rotatable bonds is 5. The molecule has 6 nitrogen and oxygen atoms in total. The van der Waals surface area contributed by atoms with Crippen LogP contribution in [0.15, 0.2) is 29.6 Å². The fourth-order valence-electron chi connectivity index (χ4n) is 1.53. The Morgan fingerprint density at radius 2 is 2.20 bits per heavy atom. The first-order valence-corrected chi connectivity index (χ1v) is 6.71. The summed E-state index contributed by atoms with van der Waals surface area (Å²) in [4.78, 5) is 21.7. The van der Waals surface area contributed by atoms with Crippen LogP contribution in [0.4, 0.5) is 11.4 Å². The smallest absolute Gasteiger partial charge is 0.336 e. The number of nitrogens with one attached hydrogen (secondary N) is 1. The van der Waals surface area contributed by atoms with Crippen LogP contribution in [-0.2, 0) is 6.54 Å². The molecule has 0 radical (unpaired) electrons. The van der Waals surface area contributed by atoms with Gasteiger partial charge in [0.25, 0.3) is 5.69 Å². The zero-order valence-corrected chi connectivity index (χ0v) is 11.6. The number of carboxylic acid groups (broad SMARTS) is 1. The Balaban J connectivity index is 2.11. The highest BCUT2D eigenvalue weighted by molar-refractivity contribution is 7.10. The number of carbonyl (C=O) groups is 1. The van der Waals surface area contributed by atoms with Gasteiger partial charge in [-0.25, -0.2) is 4.79 Å². The van der Waals surface area contributed by atoms with Crippen molar-refractivity contribution < 1.29 is 14.8 Å². The Kier molecular flexibility index (Phi) is 4.21. The molecule has 2 aromatic rings. The van der Waals surface area contributed by atoms with Crippen LogP contribution in [0.3, 0.4) is 0 Å². The summed E-state index contributed by atoms with van der Waals surface area (Å²) in [5, 5.41) is 24.4. The Hall–Kier alpha value is -2.12. The van der Waals surface area contributed by atoms with E-state index in [1.54, 1.807) is 6.07 Å². The summed E-state index contributed by atoms with van der Waals surface area (Å²) in [7, 11) is 0. The summed E-state index contributed by atoms with van der Waals surface area (Å²) in [6.45, 7) is 0.346. The molecule has 0 saturated carbocycles. The molecule has 0 aliphatic carbocycles. The quantitative estimate of drug-likeness (QED) is 0.649. The number of nitro groups is 1. The van der Waals surface area contributed by atoms with Crippen molar-refractivity contribution in [2.24, 2.45) is 0 Å². The van der Waals surface area contributed by atoms with Gasteiger partial charge in [-0.1, -0.05) is 11.6 Å². The molecule has 2 N–H and O–H groups in total. The van der Waals surface area contributed by atoms with E-state index in [-0.39, 0.29) is 11.3 Å². The summed E-state index contributed by atoms with van der Waals surface area (Å²) in [6.07, 6.45) is 0. The van der Waals surface area contributed by atoms with Crippen LogP contribution in [-0.4, -0.2) is 16.0 Å². The molecular weight excluding hydrogens is 304 g/mol. The summed E-state index contributed by atoms with van der Waals surface area (Å²) >= 11 is 7.24. The number of hydrogen-bond donors (Lipinski definition) is 2. The number of thiophene rings is 1. The van der Waals surface area contributed by atoms with Crippen LogP contribution in [0.25, 0.3) is 0 Å². The van der Waals surface area contributed by atoms with Crippen molar-refractivity contribution in [2.45, 2.75) is 6.54 Å². The van der Waals surface area contributed by atoms with Gasteiger partial charge in [-0.2, -0.15) is 0 Å². The standard InChI is InChI=1S/C12H9ClN2O4S/c13-10-2-1-8(15(18)19)4-11(10)14-5-9-3-7(6-20-9)12(16)17/h1-4,6,14H,5H2,(H,16,17). The molecule has 0 amide bonds. The number of hydrogen-bond acceptors (Lipinski definition) is 5. The molecule has 0 atom stereocenters. The molecule has 8 heteroatoms. The maximum Gasteiger partial charge on any atom is 0.336 e. The van der Waals surface area contributed by atoms with E-state index in [0.29, 0.717) is 17.3 Å². The lowest BCUT2D eigenvalue weighted by Gasteiger charge is -2.06. The third-order valence-electron chi connectivity index (χ3n) is 2.51. The SMILES string of the molecule is O=C(O)c1csc(CNc2cc([N+](=O)[O-])ccc2Cl)c1. The van der Waals surface area contributed by atoms with Gasteiger partial charge in [0.15, 0.2) is 0 Å². The van der Waals surface area contributed by atoms with Gasteiger partial charge < -0.3 is 10.4 Å². The molecule has 20 heavy (non-hydrogen) atoms. The van der Waals surface area contributed by atoms with Crippen LogP contribution in [0, 0.1) is 10.1 Å². The topological polar surface area (TPSA) is 92.5 Å². The van der Waals surface area contributed by atoms with E-state index in [1.807, 2.05) is 0 Å². The Morgan fingerprint density at radius 3 is 2.80 bits per heavy atom. The molecule has 2 rings (SSSR count). The van der Waals surface area contributed by atoms with E-state index in [4.69, 9.17) is 16.7 Å². The average Bonchev–Trinajstić information content (AvgIpc) is 2.86. The van der Waals surface area contributed by atoms with E-state index in [0.717, 1.165) is 4.88 Å². The number of anilines is 1. The van der Waals surface area contributed by atoms with Gasteiger partial charge >= 0.3 is 5.97 Å². The van der Waals surface area contributed by atoms with Crippen molar-refractivity contribution in [3.05, 3.63) is 55.2 Å². The van der Waals surface area contributed by atoms with Crippen molar-refractivity contribution in [1.82, 2.24) is 0 Å². The predicted octanol–water partition coefficient (Wildman–Crippen LogP) is 3.62. The monoisotopic (exact) mass is 312 g/mol. The fourth-order valence-corrected chi connectivity index (χ4v) is 2.51. The minimum absolute atomic E-state index is 0.0608. The first-order valence-electron chi connectivity index (χ1n) is 5.46. The molecule has 1 aromatic carbocycles. The molecule has 0 bridgehead atoms. The molecule has 0 aliphatic rings. The zero-order chi connectivity index (χ0) is 14.7. The van der Waals surface area contributed by atoms with Crippen molar-refractivity contribution in [2.75, 3.05) is 5.32 Å². The fraction of sp³-hybridized carbons (Fsp3) is 0.0833. The summed E-state index contributed by atoms with van der Waals surface area (Å²) < 4.78 is 0. The lowest BCUT2D eigenvalue weighted by atomic mass is 10.2. The summed E-state index contributed by atoms with van der Waals surface area (Å²) in [6, 6.07) is 5.65. The first-order chi connectivity index (χ1) is 9.47. The van der Waals surface area contributed by atoms with E-state index < -0.39 is 10.9 Å². The molecular formula is C12H9ClN2O4S. The molecule has 0 aliphatic heterocycles. The van der Waals surface area contributed by atoms with Crippen molar-refractivity contribution in [3.8, 4) is 0 Å². The maximum atomic E-state index is 10.8. The van der Waals surface area contributed by atoms with Gasteiger partial charge in [0.2, 0.25) is 0 Å². The van der Waals surface area contributed by atoms with Crippen LogP contribution < -0.4 is 5.32 Å². The van der Waals surface area contributed by atoms with E-state index in [9.17, 15) is 14.9 Å². The first kappa shape index (κ1) is 14.3. The van der Waals surface area contributed by atoms with Crippen LogP contribution in [0.2, 0.25) is 5.02 Å². The van der Waals surface area contributed by atoms with Gasteiger partial charge in [-0.15, -0.1) is 11.3 Å².